The molecule has 1 aromatic rings. The minimum absolute atomic E-state index is 0.0313. The summed E-state index contributed by atoms with van der Waals surface area (Å²) in [6, 6.07) is 1.10. The molecule has 0 saturated heterocycles. The van der Waals surface area contributed by atoms with Gasteiger partial charge >= 0.3 is 5.97 Å². The standard InChI is InChI=1S/C10H18N2O3Si/c1-16(2,3)5-4-15-7-9-11-6-8(12-9)10(13)14/h6H,4-5,7H2,1-3H3,(H,11,12)(H,13,14). The van der Waals surface area contributed by atoms with E-state index < -0.39 is 14.0 Å². The third-order valence-electron chi connectivity index (χ3n) is 2.09. The summed E-state index contributed by atoms with van der Waals surface area (Å²) >= 11 is 0. The number of carboxylic acids is 1. The zero-order valence-electron chi connectivity index (χ0n) is 9.91. The molecule has 1 aromatic heterocycles. The molecule has 0 aliphatic rings. The first-order valence-electron chi connectivity index (χ1n) is 5.24. The van der Waals surface area contributed by atoms with Gasteiger partial charge in [-0.2, -0.15) is 0 Å². The minimum atomic E-state index is -1.06. The molecule has 0 aliphatic heterocycles. The number of imidazole rings is 1. The van der Waals surface area contributed by atoms with Gasteiger partial charge in [-0.1, -0.05) is 19.6 Å². The van der Waals surface area contributed by atoms with Gasteiger partial charge in [0.2, 0.25) is 0 Å². The van der Waals surface area contributed by atoms with Crippen molar-refractivity contribution in [2.24, 2.45) is 0 Å². The van der Waals surface area contributed by atoms with Gasteiger partial charge in [-0.3, -0.25) is 0 Å². The second kappa shape index (κ2) is 5.27. The lowest BCUT2D eigenvalue weighted by Crippen LogP contribution is -2.21. The second-order valence-electron chi connectivity index (χ2n) is 4.90. The van der Waals surface area contributed by atoms with Crippen LogP contribution in [0.5, 0.6) is 0 Å². The number of carboxylic acid groups (broad SMARTS) is 1. The SMILES string of the molecule is C[Si](C)(C)CCOCc1nc(C(=O)O)c[nH]1. The summed E-state index contributed by atoms with van der Waals surface area (Å²) in [7, 11) is -1.06. The normalized spacial score (nSPS) is 11.7. The summed E-state index contributed by atoms with van der Waals surface area (Å²) in [6.45, 7) is 7.90. The van der Waals surface area contributed by atoms with Crippen LogP contribution in [0.25, 0.3) is 0 Å². The fourth-order valence-corrected chi connectivity index (χ4v) is 1.85. The number of aromatic nitrogens is 2. The van der Waals surface area contributed by atoms with Crippen molar-refractivity contribution >= 4 is 14.0 Å². The zero-order chi connectivity index (χ0) is 12.2. The molecule has 0 atom stereocenters. The summed E-state index contributed by atoms with van der Waals surface area (Å²) in [5.74, 6) is -0.461. The van der Waals surface area contributed by atoms with Crippen LogP contribution in [0.15, 0.2) is 6.20 Å². The average Bonchev–Trinajstić information content (AvgIpc) is 2.59. The van der Waals surface area contributed by atoms with E-state index in [2.05, 4.69) is 29.6 Å². The van der Waals surface area contributed by atoms with E-state index in [0.29, 0.717) is 19.0 Å². The van der Waals surface area contributed by atoms with E-state index >= 15 is 0 Å². The van der Waals surface area contributed by atoms with Crippen molar-refractivity contribution in [1.82, 2.24) is 9.97 Å². The Hall–Kier alpha value is -1.14. The van der Waals surface area contributed by atoms with Crippen molar-refractivity contribution in [1.29, 1.82) is 0 Å². The van der Waals surface area contributed by atoms with Crippen molar-refractivity contribution in [2.45, 2.75) is 32.3 Å². The van der Waals surface area contributed by atoms with Gasteiger partial charge in [0.1, 0.15) is 12.4 Å². The molecule has 6 heteroatoms. The number of H-pyrrole nitrogens is 1. The van der Waals surface area contributed by atoms with Crippen LogP contribution in [-0.4, -0.2) is 35.7 Å². The molecule has 1 rings (SSSR count). The van der Waals surface area contributed by atoms with Gasteiger partial charge in [-0.25, -0.2) is 9.78 Å². The number of nitrogens with one attached hydrogen (secondary N) is 1. The number of hydrogen-bond acceptors (Lipinski definition) is 3. The molecular formula is C10H18N2O3Si. The molecule has 0 radical (unpaired) electrons. The maximum absolute atomic E-state index is 10.6. The first-order valence-corrected chi connectivity index (χ1v) is 8.94. The highest BCUT2D eigenvalue weighted by atomic mass is 28.3. The molecule has 0 unspecified atom stereocenters. The molecular weight excluding hydrogens is 224 g/mol. The molecule has 0 saturated carbocycles. The Morgan fingerprint density at radius 2 is 2.25 bits per heavy atom. The molecule has 0 spiro atoms. The highest BCUT2D eigenvalue weighted by Crippen LogP contribution is 2.08. The van der Waals surface area contributed by atoms with Crippen LogP contribution in [0.4, 0.5) is 0 Å². The van der Waals surface area contributed by atoms with Gasteiger partial charge < -0.3 is 14.8 Å². The van der Waals surface area contributed by atoms with E-state index in [0.717, 1.165) is 6.04 Å². The van der Waals surface area contributed by atoms with Gasteiger partial charge in [0.05, 0.1) is 0 Å². The van der Waals surface area contributed by atoms with E-state index in [1.54, 1.807) is 0 Å². The number of nitrogens with zero attached hydrogens (tertiary/aromatic N) is 1. The third kappa shape index (κ3) is 4.58. The Balaban J connectivity index is 2.30. The summed E-state index contributed by atoms with van der Waals surface area (Å²) in [5.41, 5.74) is 0.0313. The van der Waals surface area contributed by atoms with Crippen molar-refractivity contribution in [3.8, 4) is 0 Å². The van der Waals surface area contributed by atoms with E-state index in [1.807, 2.05) is 0 Å². The Kier molecular flexibility index (Phi) is 4.25. The average molecular weight is 242 g/mol. The molecule has 5 nitrogen and oxygen atoms in total. The highest BCUT2D eigenvalue weighted by Gasteiger charge is 2.12. The molecule has 0 fully saturated rings. The summed E-state index contributed by atoms with van der Waals surface area (Å²) in [5, 5.41) is 8.66. The van der Waals surface area contributed by atoms with Gasteiger partial charge in [-0.05, 0) is 6.04 Å². The Morgan fingerprint density at radius 3 is 2.75 bits per heavy atom. The number of aromatic amines is 1. The van der Waals surface area contributed by atoms with Crippen LogP contribution in [0.2, 0.25) is 25.7 Å². The lowest BCUT2D eigenvalue weighted by atomic mass is 10.5. The Morgan fingerprint density at radius 1 is 1.56 bits per heavy atom. The fraction of sp³-hybridized carbons (Fsp3) is 0.600. The van der Waals surface area contributed by atoms with Crippen molar-refractivity contribution < 1.29 is 14.6 Å². The smallest absolute Gasteiger partial charge is 0.356 e. The monoisotopic (exact) mass is 242 g/mol. The predicted molar refractivity (Wildman–Crippen MR) is 63.4 cm³/mol. The van der Waals surface area contributed by atoms with Crippen LogP contribution in [0.3, 0.4) is 0 Å². The van der Waals surface area contributed by atoms with Crippen LogP contribution in [0, 0.1) is 0 Å². The van der Waals surface area contributed by atoms with Gasteiger partial charge in [-0.15, -0.1) is 0 Å². The number of hydrogen-bond donors (Lipinski definition) is 2. The molecule has 16 heavy (non-hydrogen) atoms. The molecule has 0 amide bonds. The number of aromatic carboxylic acids is 1. The topological polar surface area (TPSA) is 75.2 Å². The fourth-order valence-electron chi connectivity index (χ4n) is 1.09. The molecule has 2 N–H and O–H groups in total. The number of ether oxygens (including phenoxy) is 1. The van der Waals surface area contributed by atoms with Gasteiger partial charge in [0.15, 0.2) is 5.69 Å². The predicted octanol–water partition coefficient (Wildman–Crippen LogP) is 1.96. The second-order valence-corrected chi connectivity index (χ2v) is 10.5. The largest absolute Gasteiger partial charge is 0.476 e. The van der Waals surface area contributed by atoms with Crippen LogP contribution >= 0.6 is 0 Å². The quantitative estimate of drug-likeness (QED) is 0.590. The lowest BCUT2D eigenvalue weighted by Gasteiger charge is -2.14. The lowest BCUT2D eigenvalue weighted by molar-refractivity contribution is 0.0690. The van der Waals surface area contributed by atoms with Crippen LogP contribution in [0.1, 0.15) is 16.3 Å². The summed E-state index contributed by atoms with van der Waals surface area (Å²) in [6.07, 6.45) is 1.37. The summed E-state index contributed by atoms with van der Waals surface area (Å²) in [4.78, 5) is 17.2. The first-order chi connectivity index (χ1) is 7.38. The van der Waals surface area contributed by atoms with Crippen molar-refractivity contribution in [3.63, 3.8) is 0 Å². The summed E-state index contributed by atoms with van der Waals surface area (Å²) < 4.78 is 5.44. The zero-order valence-corrected chi connectivity index (χ0v) is 10.9. The molecule has 1 heterocycles. The van der Waals surface area contributed by atoms with E-state index in [4.69, 9.17) is 9.84 Å². The van der Waals surface area contributed by atoms with E-state index in [9.17, 15) is 4.79 Å². The third-order valence-corrected chi connectivity index (χ3v) is 3.79. The molecule has 0 aliphatic carbocycles. The van der Waals surface area contributed by atoms with Gasteiger partial charge in [0, 0.05) is 20.9 Å². The van der Waals surface area contributed by atoms with E-state index in [-0.39, 0.29) is 5.69 Å². The molecule has 0 bridgehead atoms. The Bertz CT molecular complexity index is 357. The maximum Gasteiger partial charge on any atom is 0.356 e. The minimum Gasteiger partial charge on any atom is -0.476 e. The number of rotatable bonds is 6. The van der Waals surface area contributed by atoms with Gasteiger partial charge in [0.25, 0.3) is 0 Å². The Labute approximate surface area is 95.9 Å². The van der Waals surface area contributed by atoms with Crippen LogP contribution < -0.4 is 0 Å². The van der Waals surface area contributed by atoms with Crippen LogP contribution in [-0.2, 0) is 11.3 Å². The first kappa shape index (κ1) is 12.9. The van der Waals surface area contributed by atoms with E-state index in [1.165, 1.54) is 6.20 Å². The van der Waals surface area contributed by atoms with Crippen molar-refractivity contribution in [3.05, 3.63) is 17.7 Å². The molecule has 0 aromatic carbocycles. The maximum atomic E-state index is 10.6. The van der Waals surface area contributed by atoms with Crippen molar-refractivity contribution in [2.75, 3.05) is 6.61 Å². The highest BCUT2D eigenvalue weighted by molar-refractivity contribution is 6.76. The molecule has 90 valence electrons. The number of carbonyl (C=O) groups is 1.